The predicted octanol–water partition coefficient (Wildman–Crippen LogP) is 6.84. The summed E-state index contributed by atoms with van der Waals surface area (Å²) in [6.45, 7) is 9.35. The molecule has 2 fully saturated rings. The molecule has 2 aliphatic rings. The molecule has 0 heterocycles. The fourth-order valence-electron chi connectivity index (χ4n) is 4.00. The summed E-state index contributed by atoms with van der Waals surface area (Å²) in [4.78, 5) is 0. The van der Waals surface area contributed by atoms with Crippen molar-refractivity contribution in [3.8, 4) is 0 Å². The van der Waals surface area contributed by atoms with Crippen LogP contribution in [0.3, 0.4) is 0 Å². The standard InChI is InChI=1S/C10H20.C9H18/c1-9(2)8-10-6-4-3-5-7-10;1-8(2)7-9-5-3-4-6-9/h9-10H,3-8H2,1-2H3;8-9H,3-7H2,1-2H3. The molecule has 0 bridgehead atoms. The van der Waals surface area contributed by atoms with Crippen molar-refractivity contribution in [2.45, 2.75) is 98.3 Å². The molecule has 2 rings (SSSR count). The van der Waals surface area contributed by atoms with Crippen molar-refractivity contribution in [1.82, 2.24) is 0 Å². The van der Waals surface area contributed by atoms with Crippen LogP contribution >= 0.6 is 0 Å². The van der Waals surface area contributed by atoms with Gasteiger partial charge in [-0.05, 0) is 36.5 Å². The van der Waals surface area contributed by atoms with Crippen LogP contribution in [0.2, 0.25) is 0 Å². The fourth-order valence-corrected chi connectivity index (χ4v) is 4.00. The summed E-state index contributed by atoms with van der Waals surface area (Å²) in [6.07, 6.45) is 16.5. The molecule has 114 valence electrons. The van der Waals surface area contributed by atoms with E-state index in [2.05, 4.69) is 27.7 Å². The van der Waals surface area contributed by atoms with E-state index in [1.54, 1.807) is 0 Å². The lowest BCUT2D eigenvalue weighted by Crippen LogP contribution is -2.08. The molecular formula is C19H38. The van der Waals surface area contributed by atoms with Crippen LogP contribution in [0.25, 0.3) is 0 Å². The van der Waals surface area contributed by atoms with Gasteiger partial charge in [0.1, 0.15) is 0 Å². The summed E-state index contributed by atoms with van der Waals surface area (Å²) in [5, 5.41) is 0. The Morgan fingerprint density at radius 2 is 0.895 bits per heavy atom. The van der Waals surface area contributed by atoms with Crippen LogP contribution in [0.15, 0.2) is 0 Å². The lowest BCUT2D eigenvalue weighted by Gasteiger charge is -2.22. The Labute approximate surface area is 122 Å². The SMILES string of the molecule is CC(C)CC1CCCC1.CC(C)CC1CCCCC1. The Morgan fingerprint density at radius 1 is 0.579 bits per heavy atom. The normalized spacial score (nSPS) is 21.8. The van der Waals surface area contributed by atoms with E-state index in [1.165, 1.54) is 70.6 Å². The number of hydrogen-bond acceptors (Lipinski definition) is 0. The average molecular weight is 267 g/mol. The highest BCUT2D eigenvalue weighted by molar-refractivity contribution is 4.68. The minimum Gasteiger partial charge on any atom is -0.0628 e. The quantitative estimate of drug-likeness (QED) is 0.523. The summed E-state index contributed by atoms with van der Waals surface area (Å²) < 4.78 is 0. The molecule has 19 heavy (non-hydrogen) atoms. The zero-order chi connectivity index (χ0) is 14.1. The van der Waals surface area contributed by atoms with Crippen LogP contribution < -0.4 is 0 Å². The lowest BCUT2D eigenvalue weighted by molar-refractivity contribution is 0.305. The van der Waals surface area contributed by atoms with Crippen LogP contribution in [0.4, 0.5) is 0 Å². The molecule has 0 nitrogen and oxygen atoms in total. The van der Waals surface area contributed by atoms with E-state index in [0.29, 0.717) is 0 Å². The van der Waals surface area contributed by atoms with Crippen LogP contribution in [0.5, 0.6) is 0 Å². The number of hydrogen-bond donors (Lipinski definition) is 0. The highest BCUT2D eigenvalue weighted by atomic mass is 14.2. The van der Waals surface area contributed by atoms with Gasteiger partial charge in [-0.2, -0.15) is 0 Å². The molecule has 2 saturated carbocycles. The van der Waals surface area contributed by atoms with E-state index < -0.39 is 0 Å². The largest absolute Gasteiger partial charge is 0.0628 e. The van der Waals surface area contributed by atoms with E-state index in [-0.39, 0.29) is 0 Å². The van der Waals surface area contributed by atoms with Crippen molar-refractivity contribution < 1.29 is 0 Å². The average Bonchev–Trinajstić information content (AvgIpc) is 2.82. The van der Waals surface area contributed by atoms with Gasteiger partial charge in [-0.1, -0.05) is 85.5 Å². The fraction of sp³-hybridized carbons (Fsp3) is 1.00. The predicted molar refractivity (Wildman–Crippen MR) is 87.4 cm³/mol. The van der Waals surface area contributed by atoms with Crippen molar-refractivity contribution in [3.05, 3.63) is 0 Å². The highest BCUT2D eigenvalue weighted by Crippen LogP contribution is 2.30. The first-order valence-electron chi connectivity index (χ1n) is 9.08. The van der Waals surface area contributed by atoms with Crippen molar-refractivity contribution in [3.63, 3.8) is 0 Å². The second kappa shape index (κ2) is 9.83. The zero-order valence-corrected chi connectivity index (χ0v) is 14.1. The lowest BCUT2D eigenvalue weighted by atomic mass is 9.84. The Kier molecular flexibility index (Phi) is 8.83. The topological polar surface area (TPSA) is 0 Å². The van der Waals surface area contributed by atoms with Gasteiger partial charge in [0.25, 0.3) is 0 Å². The molecule has 0 aromatic rings. The molecular weight excluding hydrogens is 228 g/mol. The van der Waals surface area contributed by atoms with Gasteiger partial charge in [0.05, 0.1) is 0 Å². The summed E-state index contributed by atoms with van der Waals surface area (Å²) in [6, 6.07) is 0. The van der Waals surface area contributed by atoms with E-state index in [9.17, 15) is 0 Å². The van der Waals surface area contributed by atoms with Gasteiger partial charge < -0.3 is 0 Å². The Hall–Kier alpha value is 0. The van der Waals surface area contributed by atoms with E-state index in [0.717, 1.165) is 23.7 Å². The smallest absolute Gasteiger partial charge is 0.0412 e. The van der Waals surface area contributed by atoms with Gasteiger partial charge >= 0.3 is 0 Å². The van der Waals surface area contributed by atoms with Crippen molar-refractivity contribution in [1.29, 1.82) is 0 Å². The number of rotatable bonds is 4. The summed E-state index contributed by atoms with van der Waals surface area (Å²) in [7, 11) is 0. The van der Waals surface area contributed by atoms with E-state index in [1.807, 2.05) is 0 Å². The molecule has 0 atom stereocenters. The highest BCUT2D eigenvalue weighted by Gasteiger charge is 2.15. The first kappa shape index (κ1) is 17.1. The Bertz CT molecular complexity index is 192. The van der Waals surface area contributed by atoms with Gasteiger partial charge in [0.15, 0.2) is 0 Å². The van der Waals surface area contributed by atoms with Gasteiger partial charge in [0.2, 0.25) is 0 Å². The minimum absolute atomic E-state index is 0.920. The summed E-state index contributed by atoms with van der Waals surface area (Å²) >= 11 is 0. The maximum atomic E-state index is 2.34. The molecule has 0 heteroatoms. The third-order valence-electron chi connectivity index (χ3n) is 4.81. The minimum atomic E-state index is 0.920. The molecule has 0 aromatic carbocycles. The van der Waals surface area contributed by atoms with Crippen molar-refractivity contribution in [2.75, 3.05) is 0 Å². The molecule has 0 spiro atoms. The van der Waals surface area contributed by atoms with Crippen molar-refractivity contribution in [2.24, 2.45) is 23.7 Å². The van der Waals surface area contributed by atoms with Gasteiger partial charge in [-0.25, -0.2) is 0 Å². The van der Waals surface area contributed by atoms with Gasteiger partial charge in [-0.15, -0.1) is 0 Å². The molecule has 0 amide bonds. The third kappa shape index (κ3) is 8.71. The third-order valence-corrected chi connectivity index (χ3v) is 4.81. The van der Waals surface area contributed by atoms with Crippen LogP contribution in [-0.2, 0) is 0 Å². The maximum Gasteiger partial charge on any atom is -0.0412 e. The summed E-state index contributed by atoms with van der Waals surface area (Å²) in [5.41, 5.74) is 0. The second-order valence-electron chi connectivity index (χ2n) is 7.91. The van der Waals surface area contributed by atoms with Crippen LogP contribution in [0, 0.1) is 23.7 Å². The molecule has 0 N–H and O–H groups in total. The maximum absolute atomic E-state index is 2.34. The molecule has 2 aliphatic carbocycles. The van der Waals surface area contributed by atoms with Crippen LogP contribution in [0.1, 0.15) is 98.3 Å². The first-order valence-corrected chi connectivity index (χ1v) is 9.08. The van der Waals surface area contributed by atoms with Gasteiger partial charge in [-0.3, -0.25) is 0 Å². The molecule has 0 aromatic heterocycles. The Balaban J connectivity index is 0.000000191. The molecule has 0 aliphatic heterocycles. The molecule has 0 unspecified atom stereocenters. The zero-order valence-electron chi connectivity index (χ0n) is 14.1. The van der Waals surface area contributed by atoms with E-state index in [4.69, 9.17) is 0 Å². The monoisotopic (exact) mass is 266 g/mol. The van der Waals surface area contributed by atoms with E-state index >= 15 is 0 Å². The Morgan fingerprint density at radius 3 is 1.21 bits per heavy atom. The molecule has 0 radical (unpaired) electrons. The first-order chi connectivity index (χ1) is 9.08. The van der Waals surface area contributed by atoms with Crippen molar-refractivity contribution >= 4 is 0 Å². The summed E-state index contributed by atoms with van der Waals surface area (Å²) in [5.74, 6) is 4.01. The van der Waals surface area contributed by atoms with Crippen LogP contribution in [-0.4, -0.2) is 0 Å². The van der Waals surface area contributed by atoms with Gasteiger partial charge in [0, 0.05) is 0 Å². The second-order valence-corrected chi connectivity index (χ2v) is 7.91. The molecule has 0 saturated heterocycles.